The summed E-state index contributed by atoms with van der Waals surface area (Å²) in [7, 11) is 0. The SMILES string of the molecule is Nc1ccccc1CN1CCOc2c(Br)cc(Br)nc21. The standard InChI is InChI=1S/C14H13Br2N3O/c15-10-7-12(16)18-14-13(10)20-6-5-19(14)8-9-3-1-2-4-11(9)17/h1-4,7H,5-6,8,17H2. The number of fused-ring (bicyclic) bond motifs is 1. The Balaban J connectivity index is 1.96. The van der Waals surface area contributed by atoms with E-state index in [4.69, 9.17) is 10.5 Å². The van der Waals surface area contributed by atoms with Crippen LogP contribution < -0.4 is 15.4 Å². The predicted octanol–water partition coefficient (Wildman–Crippen LogP) is 3.59. The van der Waals surface area contributed by atoms with Gasteiger partial charge in [-0.3, -0.25) is 0 Å². The number of nitrogens with two attached hydrogens (primary N) is 1. The summed E-state index contributed by atoms with van der Waals surface area (Å²) in [6.45, 7) is 2.15. The molecule has 1 aliphatic heterocycles. The van der Waals surface area contributed by atoms with Crippen LogP contribution in [0.4, 0.5) is 11.5 Å². The first-order chi connectivity index (χ1) is 9.65. The van der Waals surface area contributed by atoms with Crippen molar-refractivity contribution in [3.8, 4) is 5.75 Å². The lowest BCUT2D eigenvalue weighted by Crippen LogP contribution is -2.33. The zero-order valence-electron chi connectivity index (χ0n) is 10.6. The van der Waals surface area contributed by atoms with Crippen LogP contribution in [0.2, 0.25) is 0 Å². The molecule has 4 nitrogen and oxygen atoms in total. The highest BCUT2D eigenvalue weighted by molar-refractivity contribution is 9.11. The minimum Gasteiger partial charge on any atom is -0.487 e. The van der Waals surface area contributed by atoms with E-state index in [-0.39, 0.29) is 0 Å². The maximum atomic E-state index is 6.02. The Morgan fingerprint density at radius 3 is 2.90 bits per heavy atom. The summed E-state index contributed by atoms with van der Waals surface area (Å²) >= 11 is 6.93. The highest BCUT2D eigenvalue weighted by Gasteiger charge is 2.23. The van der Waals surface area contributed by atoms with E-state index in [1.165, 1.54) is 0 Å². The summed E-state index contributed by atoms with van der Waals surface area (Å²) in [6, 6.07) is 9.78. The monoisotopic (exact) mass is 397 g/mol. The Bertz CT molecular complexity index is 648. The molecule has 0 saturated heterocycles. The van der Waals surface area contributed by atoms with Crippen molar-refractivity contribution in [1.82, 2.24) is 4.98 Å². The number of nitrogen functional groups attached to an aromatic ring is 1. The molecule has 0 radical (unpaired) electrons. The van der Waals surface area contributed by atoms with Crippen LogP contribution in [0.3, 0.4) is 0 Å². The maximum absolute atomic E-state index is 6.02. The lowest BCUT2D eigenvalue weighted by atomic mass is 10.1. The quantitative estimate of drug-likeness (QED) is 0.620. The van der Waals surface area contributed by atoms with Gasteiger partial charge in [0.05, 0.1) is 11.0 Å². The van der Waals surface area contributed by atoms with E-state index in [1.807, 2.05) is 30.3 Å². The fraction of sp³-hybridized carbons (Fsp3) is 0.214. The third-order valence-electron chi connectivity index (χ3n) is 3.20. The number of halogens is 2. The van der Waals surface area contributed by atoms with Crippen molar-refractivity contribution in [3.05, 3.63) is 45.0 Å². The molecule has 1 aliphatic rings. The molecule has 1 aromatic carbocycles. The Morgan fingerprint density at radius 2 is 2.10 bits per heavy atom. The summed E-state index contributed by atoms with van der Waals surface area (Å²) in [5.41, 5.74) is 7.92. The van der Waals surface area contributed by atoms with E-state index in [1.54, 1.807) is 0 Å². The van der Waals surface area contributed by atoms with Crippen LogP contribution in [0.1, 0.15) is 5.56 Å². The van der Waals surface area contributed by atoms with E-state index in [0.29, 0.717) is 6.61 Å². The number of ether oxygens (including phenoxy) is 1. The van der Waals surface area contributed by atoms with Gasteiger partial charge in [0, 0.05) is 12.2 Å². The predicted molar refractivity (Wildman–Crippen MR) is 87.0 cm³/mol. The smallest absolute Gasteiger partial charge is 0.176 e. The molecule has 104 valence electrons. The molecule has 20 heavy (non-hydrogen) atoms. The second-order valence-electron chi connectivity index (χ2n) is 4.55. The summed E-state index contributed by atoms with van der Waals surface area (Å²) < 4.78 is 7.38. The van der Waals surface area contributed by atoms with Crippen LogP contribution in [0.15, 0.2) is 39.4 Å². The van der Waals surface area contributed by atoms with E-state index >= 15 is 0 Å². The lowest BCUT2D eigenvalue weighted by Gasteiger charge is -2.31. The van der Waals surface area contributed by atoms with Crippen LogP contribution in [0.25, 0.3) is 0 Å². The van der Waals surface area contributed by atoms with Gasteiger partial charge >= 0.3 is 0 Å². The van der Waals surface area contributed by atoms with Crippen molar-refractivity contribution in [3.63, 3.8) is 0 Å². The van der Waals surface area contributed by atoms with Gasteiger partial charge in [-0.1, -0.05) is 18.2 Å². The Morgan fingerprint density at radius 1 is 1.30 bits per heavy atom. The average molecular weight is 399 g/mol. The van der Waals surface area contributed by atoms with Crippen LogP contribution in [-0.4, -0.2) is 18.1 Å². The third-order valence-corrected chi connectivity index (χ3v) is 4.20. The molecular formula is C14H13Br2N3O. The van der Waals surface area contributed by atoms with Crippen LogP contribution in [0, 0.1) is 0 Å². The topological polar surface area (TPSA) is 51.4 Å². The number of hydrogen-bond donors (Lipinski definition) is 1. The zero-order chi connectivity index (χ0) is 14.1. The van der Waals surface area contributed by atoms with Crippen molar-refractivity contribution >= 4 is 43.4 Å². The van der Waals surface area contributed by atoms with Crippen molar-refractivity contribution in [2.45, 2.75) is 6.54 Å². The van der Waals surface area contributed by atoms with Gasteiger partial charge in [-0.2, -0.15) is 0 Å². The van der Waals surface area contributed by atoms with Gasteiger partial charge < -0.3 is 15.4 Å². The normalized spacial score (nSPS) is 13.8. The molecule has 0 saturated carbocycles. The number of pyridine rings is 1. The summed E-state index contributed by atoms with van der Waals surface area (Å²) in [5, 5.41) is 0. The summed E-state index contributed by atoms with van der Waals surface area (Å²) in [4.78, 5) is 6.71. The molecule has 2 N–H and O–H groups in total. The first-order valence-electron chi connectivity index (χ1n) is 6.22. The van der Waals surface area contributed by atoms with Crippen LogP contribution in [-0.2, 0) is 6.54 Å². The average Bonchev–Trinajstić information content (AvgIpc) is 2.42. The van der Waals surface area contributed by atoms with E-state index in [0.717, 1.165) is 45.0 Å². The highest BCUT2D eigenvalue weighted by Crippen LogP contribution is 2.39. The van der Waals surface area contributed by atoms with Gasteiger partial charge in [0.1, 0.15) is 11.2 Å². The van der Waals surface area contributed by atoms with Crippen molar-refractivity contribution in [2.75, 3.05) is 23.8 Å². The highest BCUT2D eigenvalue weighted by atomic mass is 79.9. The van der Waals surface area contributed by atoms with Crippen molar-refractivity contribution < 1.29 is 4.74 Å². The van der Waals surface area contributed by atoms with Crippen LogP contribution in [0.5, 0.6) is 5.75 Å². The van der Waals surface area contributed by atoms with E-state index in [9.17, 15) is 0 Å². The van der Waals surface area contributed by atoms with Gasteiger partial charge in [-0.05, 0) is 49.6 Å². The maximum Gasteiger partial charge on any atom is 0.176 e. The van der Waals surface area contributed by atoms with Crippen LogP contribution >= 0.6 is 31.9 Å². The molecule has 0 fully saturated rings. The molecular weight excluding hydrogens is 386 g/mol. The number of aromatic nitrogens is 1. The molecule has 0 unspecified atom stereocenters. The van der Waals surface area contributed by atoms with Gasteiger partial charge in [0.15, 0.2) is 11.6 Å². The number of rotatable bonds is 2. The first kappa shape index (κ1) is 13.7. The minimum absolute atomic E-state index is 0.641. The van der Waals surface area contributed by atoms with Crippen molar-refractivity contribution in [2.24, 2.45) is 0 Å². The molecule has 0 spiro atoms. The Kier molecular flexibility index (Phi) is 3.85. The molecule has 3 rings (SSSR count). The Labute approximate surface area is 134 Å². The molecule has 0 atom stereocenters. The van der Waals surface area contributed by atoms with Gasteiger partial charge in [0.25, 0.3) is 0 Å². The molecule has 0 amide bonds. The fourth-order valence-corrected chi connectivity index (χ4v) is 3.42. The second kappa shape index (κ2) is 5.61. The van der Waals surface area contributed by atoms with Gasteiger partial charge in [-0.25, -0.2) is 4.98 Å². The molecule has 6 heteroatoms. The zero-order valence-corrected chi connectivity index (χ0v) is 13.8. The fourth-order valence-electron chi connectivity index (χ4n) is 2.21. The van der Waals surface area contributed by atoms with E-state index in [2.05, 4.69) is 41.7 Å². The van der Waals surface area contributed by atoms with Gasteiger partial charge in [0.2, 0.25) is 0 Å². The number of hydrogen-bond acceptors (Lipinski definition) is 4. The summed E-state index contributed by atoms with van der Waals surface area (Å²) in [6.07, 6.45) is 0. The number of benzene rings is 1. The van der Waals surface area contributed by atoms with E-state index < -0.39 is 0 Å². The second-order valence-corrected chi connectivity index (χ2v) is 6.22. The molecule has 0 bridgehead atoms. The molecule has 2 aromatic rings. The van der Waals surface area contributed by atoms with Crippen molar-refractivity contribution in [1.29, 1.82) is 0 Å². The molecule has 0 aliphatic carbocycles. The Hall–Kier alpha value is -1.27. The summed E-state index contributed by atoms with van der Waals surface area (Å²) in [5.74, 6) is 1.62. The number of para-hydroxylation sites is 1. The number of anilines is 2. The molecule has 2 heterocycles. The third kappa shape index (κ3) is 2.62. The first-order valence-corrected chi connectivity index (χ1v) is 7.81. The van der Waals surface area contributed by atoms with Gasteiger partial charge in [-0.15, -0.1) is 0 Å². The largest absolute Gasteiger partial charge is 0.487 e. The minimum atomic E-state index is 0.641. The number of nitrogens with zero attached hydrogens (tertiary/aromatic N) is 2. The lowest BCUT2D eigenvalue weighted by molar-refractivity contribution is 0.302. The molecule has 1 aromatic heterocycles.